The Morgan fingerprint density at radius 3 is 2.50 bits per heavy atom. The highest BCUT2D eigenvalue weighted by Gasteiger charge is 2.03. The van der Waals surface area contributed by atoms with Crippen LogP contribution in [-0.4, -0.2) is 6.54 Å². The van der Waals surface area contributed by atoms with Gasteiger partial charge in [-0.3, -0.25) is 0 Å². The first kappa shape index (κ1) is 13.0. The maximum atomic E-state index is 3.59. The molecule has 0 radical (unpaired) electrons. The first-order valence-electron chi connectivity index (χ1n) is 7.54. The van der Waals surface area contributed by atoms with Gasteiger partial charge in [-0.25, -0.2) is 0 Å². The van der Waals surface area contributed by atoms with Gasteiger partial charge in [-0.2, -0.15) is 0 Å². The van der Waals surface area contributed by atoms with Gasteiger partial charge in [0.05, 0.1) is 0 Å². The van der Waals surface area contributed by atoms with Crippen LogP contribution in [0.3, 0.4) is 0 Å². The number of rotatable bonds is 5. The van der Waals surface area contributed by atoms with Crippen LogP contribution in [0.5, 0.6) is 0 Å². The van der Waals surface area contributed by atoms with Crippen LogP contribution in [0.25, 0.3) is 21.5 Å². The Kier molecular flexibility index (Phi) is 3.87. The van der Waals surface area contributed by atoms with Crippen molar-refractivity contribution in [1.29, 1.82) is 0 Å². The van der Waals surface area contributed by atoms with Crippen LogP contribution in [0, 0.1) is 0 Å². The lowest BCUT2D eigenvalue weighted by Crippen LogP contribution is -2.01. The van der Waals surface area contributed by atoms with Crippen LogP contribution in [0.15, 0.2) is 54.6 Å². The maximum absolute atomic E-state index is 3.59. The van der Waals surface area contributed by atoms with Gasteiger partial charge in [0.25, 0.3) is 0 Å². The Hall–Kier alpha value is -2.02. The van der Waals surface area contributed by atoms with E-state index in [1.54, 1.807) is 0 Å². The molecule has 0 spiro atoms. The minimum Gasteiger partial charge on any atom is -0.385 e. The molecule has 0 saturated heterocycles. The molecule has 3 aromatic carbocycles. The van der Waals surface area contributed by atoms with Crippen molar-refractivity contribution < 1.29 is 0 Å². The zero-order valence-corrected chi connectivity index (χ0v) is 12.0. The topological polar surface area (TPSA) is 12.0 Å². The molecular weight excluding hydrogens is 242 g/mol. The highest BCUT2D eigenvalue weighted by atomic mass is 14.9. The first-order chi connectivity index (χ1) is 9.90. The Labute approximate surface area is 120 Å². The molecule has 0 saturated carbocycles. The average molecular weight is 263 g/mol. The van der Waals surface area contributed by atoms with Crippen molar-refractivity contribution in [2.45, 2.75) is 26.2 Å². The number of hydrogen-bond acceptors (Lipinski definition) is 1. The van der Waals surface area contributed by atoms with Gasteiger partial charge in [0.15, 0.2) is 0 Å². The fourth-order valence-electron chi connectivity index (χ4n) is 2.79. The van der Waals surface area contributed by atoms with Crippen molar-refractivity contribution in [2.24, 2.45) is 0 Å². The maximum Gasteiger partial charge on any atom is 0.0420 e. The van der Waals surface area contributed by atoms with Crippen LogP contribution in [-0.2, 0) is 0 Å². The molecule has 0 heterocycles. The molecular formula is C19H21N. The average Bonchev–Trinajstić information content (AvgIpc) is 2.51. The lowest BCUT2D eigenvalue weighted by atomic mass is 10.0. The van der Waals surface area contributed by atoms with E-state index in [0.717, 1.165) is 6.54 Å². The van der Waals surface area contributed by atoms with E-state index >= 15 is 0 Å². The van der Waals surface area contributed by atoms with Crippen molar-refractivity contribution in [3.63, 3.8) is 0 Å². The third-order valence-electron chi connectivity index (χ3n) is 3.88. The van der Waals surface area contributed by atoms with Crippen molar-refractivity contribution in [3.8, 4) is 0 Å². The van der Waals surface area contributed by atoms with Crippen molar-refractivity contribution in [2.75, 3.05) is 11.9 Å². The Morgan fingerprint density at radius 2 is 1.60 bits per heavy atom. The molecule has 0 aliphatic heterocycles. The normalized spacial score (nSPS) is 11.1. The zero-order chi connectivity index (χ0) is 13.8. The number of fused-ring (bicyclic) bond motifs is 3. The summed E-state index contributed by atoms with van der Waals surface area (Å²) < 4.78 is 0. The molecule has 20 heavy (non-hydrogen) atoms. The second-order valence-corrected chi connectivity index (χ2v) is 5.32. The second kappa shape index (κ2) is 5.96. The minimum atomic E-state index is 1.06. The minimum absolute atomic E-state index is 1.06. The Bertz CT molecular complexity index is 715. The second-order valence-electron chi connectivity index (χ2n) is 5.32. The summed E-state index contributed by atoms with van der Waals surface area (Å²) in [4.78, 5) is 0. The fraction of sp³-hybridized carbons (Fsp3) is 0.263. The van der Waals surface area contributed by atoms with Gasteiger partial charge in [-0.1, -0.05) is 68.3 Å². The van der Waals surface area contributed by atoms with E-state index in [-0.39, 0.29) is 0 Å². The molecule has 0 aliphatic carbocycles. The molecule has 3 rings (SSSR count). The summed E-state index contributed by atoms with van der Waals surface area (Å²) in [5.74, 6) is 0. The van der Waals surface area contributed by atoms with Crippen LogP contribution in [0.1, 0.15) is 26.2 Å². The summed E-state index contributed by atoms with van der Waals surface area (Å²) in [5.41, 5.74) is 1.25. The summed E-state index contributed by atoms with van der Waals surface area (Å²) in [6.45, 7) is 3.30. The molecule has 0 unspecified atom stereocenters. The molecule has 0 amide bonds. The number of anilines is 1. The smallest absolute Gasteiger partial charge is 0.0420 e. The van der Waals surface area contributed by atoms with Gasteiger partial charge in [0, 0.05) is 17.6 Å². The molecule has 1 heteroatoms. The summed E-state index contributed by atoms with van der Waals surface area (Å²) in [6.07, 6.45) is 3.79. The molecule has 102 valence electrons. The molecule has 3 aromatic rings. The third kappa shape index (κ3) is 2.49. The van der Waals surface area contributed by atoms with E-state index in [2.05, 4.69) is 66.8 Å². The monoisotopic (exact) mass is 263 g/mol. The largest absolute Gasteiger partial charge is 0.385 e. The number of nitrogens with one attached hydrogen (secondary N) is 1. The Morgan fingerprint density at radius 1 is 0.750 bits per heavy atom. The van der Waals surface area contributed by atoms with Crippen LogP contribution in [0.2, 0.25) is 0 Å². The predicted molar refractivity (Wildman–Crippen MR) is 89.5 cm³/mol. The predicted octanol–water partition coefficient (Wildman–Crippen LogP) is 5.60. The van der Waals surface area contributed by atoms with Crippen LogP contribution < -0.4 is 5.32 Å². The molecule has 1 N–H and O–H groups in total. The van der Waals surface area contributed by atoms with Crippen LogP contribution in [0.4, 0.5) is 5.69 Å². The first-order valence-corrected chi connectivity index (χ1v) is 7.54. The lowest BCUT2D eigenvalue weighted by molar-refractivity contribution is 0.744. The van der Waals surface area contributed by atoms with Crippen molar-refractivity contribution in [3.05, 3.63) is 54.6 Å². The number of hydrogen-bond donors (Lipinski definition) is 1. The van der Waals surface area contributed by atoms with Gasteiger partial charge in [0.1, 0.15) is 0 Å². The van der Waals surface area contributed by atoms with Gasteiger partial charge in [-0.05, 0) is 28.6 Å². The molecule has 0 bridgehead atoms. The quantitative estimate of drug-likeness (QED) is 0.467. The number of unbranched alkanes of at least 4 members (excludes halogenated alkanes) is 2. The fourth-order valence-corrected chi connectivity index (χ4v) is 2.79. The summed E-state index contributed by atoms with van der Waals surface area (Å²) in [5, 5.41) is 8.89. The zero-order valence-electron chi connectivity index (χ0n) is 12.0. The molecule has 0 atom stereocenters. The lowest BCUT2D eigenvalue weighted by Gasteiger charge is -2.11. The van der Waals surface area contributed by atoms with Crippen LogP contribution >= 0.6 is 0 Å². The summed E-state index contributed by atoms with van der Waals surface area (Å²) in [6, 6.07) is 19.6. The van der Waals surface area contributed by atoms with Gasteiger partial charge in [-0.15, -0.1) is 0 Å². The summed E-state index contributed by atoms with van der Waals surface area (Å²) >= 11 is 0. The molecule has 1 nitrogen and oxygen atoms in total. The van der Waals surface area contributed by atoms with Gasteiger partial charge >= 0.3 is 0 Å². The van der Waals surface area contributed by atoms with Gasteiger partial charge in [0.2, 0.25) is 0 Å². The van der Waals surface area contributed by atoms with Crippen molar-refractivity contribution >= 4 is 27.2 Å². The van der Waals surface area contributed by atoms with E-state index in [1.165, 1.54) is 46.5 Å². The van der Waals surface area contributed by atoms with Crippen molar-refractivity contribution in [1.82, 2.24) is 0 Å². The highest BCUT2D eigenvalue weighted by molar-refractivity contribution is 6.11. The standard InChI is InChI=1S/C19H21N/c1-2-3-6-14-20-19-11-7-10-17-16-9-5-4-8-15(16)12-13-18(17)19/h4-5,7-13,20H,2-3,6,14H2,1H3. The summed E-state index contributed by atoms with van der Waals surface area (Å²) in [7, 11) is 0. The van der Waals surface area contributed by atoms with E-state index in [9.17, 15) is 0 Å². The van der Waals surface area contributed by atoms with E-state index in [0.29, 0.717) is 0 Å². The SMILES string of the molecule is CCCCCNc1cccc2c1ccc1ccccc12. The number of benzene rings is 3. The molecule has 0 aliphatic rings. The van der Waals surface area contributed by atoms with Gasteiger partial charge < -0.3 is 5.32 Å². The third-order valence-corrected chi connectivity index (χ3v) is 3.88. The molecule has 0 fully saturated rings. The van der Waals surface area contributed by atoms with E-state index in [4.69, 9.17) is 0 Å². The highest BCUT2D eigenvalue weighted by Crippen LogP contribution is 2.30. The molecule has 0 aromatic heterocycles. The Balaban J connectivity index is 1.99. The van der Waals surface area contributed by atoms with E-state index in [1.807, 2.05) is 0 Å². The van der Waals surface area contributed by atoms with E-state index < -0.39 is 0 Å².